The molecule has 0 aliphatic heterocycles. The number of aryl methyl sites for hydroxylation is 3. The molecule has 1 aromatic carbocycles. The van der Waals surface area contributed by atoms with Gasteiger partial charge in [0.2, 0.25) is 5.88 Å². The van der Waals surface area contributed by atoms with Crippen molar-refractivity contribution in [1.82, 2.24) is 9.97 Å². The Hall–Kier alpha value is -1.90. The van der Waals surface area contributed by atoms with Crippen LogP contribution >= 0.6 is 0 Å². The summed E-state index contributed by atoms with van der Waals surface area (Å²) in [4.78, 5) is 8.80. The van der Waals surface area contributed by atoms with Crippen molar-refractivity contribution >= 4 is 0 Å². The quantitative estimate of drug-likeness (QED) is 0.810. The van der Waals surface area contributed by atoms with Crippen molar-refractivity contribution in [3.05, 3.63) is 53.0 Å². The monoisotopic (exact) mass is 228 g/mol. The second-order valence-corrected chi connectivity index (χ2v) is 4.06. The summed E-state index contributed by atoms with van der Waals surface area (Å²) in [5, 5.41) is 0. The summed E-state index contributed by atoms with van der Waals surface area (Å²) < 4.78 is 5.69. The van der Waals surface area contributed by atoms with Crippen LogP contribution in [0.3, 0.4) is 0 Å². The standard InChI is InChI=1S/C14H16N2O/c1-10-11(2)16-14(12(3)15-10)17-9-13-7-5-4-6-8-13/h4-8H,9H2,1-3H3. The molecule has 1 aromatic heterocycles. The lowest BCUT2D eigenvalue weighted by Crippen LogP contribution is -2.03. The van der Waals surface area contributed by atoms with Crippen LogP contribution in [-0.4, -0.2) is 9.97 Å². The van der Waals surface area contributed by atoms with E-state index in [-0.39, 0.29) is 0 Å². The molecule has 0 unspecified atom stereocenters. The molecule has 0 bridgehead atoms. The molecule has 3 nitrogen and oxygen atoms in total. The Morgan fingerprint density at radius 1 is 0.882 bits per heavy atom. The first-order chi connectivity index (χ1) is 8.16. The van der Waals surface area contributed by atoms with Crippen molar-refractivity contribution in [2.24, 2.45) is 0 Å². The van der Waals surface area contributed by atoms with Crippen LogP contribution in [0.25, 0.3) is 0 Å². The van der Waals surface area contributed by atoms with Gasteiger partial charge in [-0.05, 0) is 26.3 Å². The molecule has 0 aliphatic carbocycles. The molecule has 2 aromatic rings. The Labute approximate surface area is 102 Å². The Bertz CT molecular complexity index is 509. The number of hydrogen-bond donors (Lipinski definition) is 0. The van der Waals surface area contributed by atoms with Crippen LogP contribution in [0.4, 0.5) is 0 Å². The predicted molar refractivity (Wildman–Crippen MR) is 67.0 cm³/mol. The average molecular weight is 228 g/mol. The van der Waals surface area contributed by atoms with Crippen molar-refractivity contribution in [3.8, 4) is 5.88 Å². The summed E-state index contributed by atoms with van der Waals surface area (Å²) in [6.07, 6.45) is 0. The molecule has 0 atom stereocenters. The Morgan fingerprint density at radius 2 is 1.53 bits per heavy atom. The van der Waals surface area contributed by atoms with E-state index < -0.39 is 0 Å². The first kappa shape index (κ1) is 11.6. The van der Waals surface area contributed by atoms with Crippen LogP contribution in [0.15, 0.2) is 30.3 Å². The van der Waals surface area contributed by atoms with Crippen molar-refractivity contribution in [3.63, 3.8) is 0 Å². The third-order valence-electron chi connectivity index (χ3n) is 2.66. The molecule has 1 heterocycles. The van der Waals surface area contributed by atoms with Crippen molar-refractivity contribution in [2.45, 2.75) is 27.4 Å². The van der Waals surface area contributed by atoms with E-state index in [0.717, 1.165) is 22.6 Å². The molecule has 0 amide bonds. The van der Waals surface area contributed by atoms with Crippen molar-refractivity contribution < 1.29 is 4.74 Å². The van der Waals surface area contributed by atoms with Crippen LogP contribution < -0.4 is 4.74 Å². The van der Waals surface area contributed by atoms with Gasteiger partial charge < -0.3 is 4.74 Å². The normalized spacial score (nSPS) is 10.3. The maximum atomic E-state index is 5.69. The lowest BCUT2D eigenvalue weighted by molar-refractivity contribution is 0.289. The van der Waals surface area contributed by atoms with E-state index in [9.17, 15) is 0 Å². The summed E-state index contributed by atoms with van der Waals surface area (Å²) in [6.45, 7) is 6.34. The molecule has 88 valence electrons. The highest BCUT2D eigenvalue weighted by Gasteiger charge is 2.06. The van der Waals surface area contributed by atoms with Crippen LogP contribution in [0.5, 0.6) is 5.88 Å². The fourth-order valence-corrected chi connectivity index (χ4v) is 1.56. The summed E-state index contributed by atoms with van der Waals surface area (Å²) in [5.41, 5.74) is 3.84. The Kier molecular flexibility index (Phi) is 3.38. The van der Waals surface area contributed by atoms with Crippen LogP contribution in [0.2, 0.25) is 0 Å². The summed E-state index contributed by atoms with van der Waals surface area (Å²) >= 11 is 0. The van der Waals surface area contributed by atoms with E-state index in [0.29, 0.717) is 12.5 Å². The Balaban J connectivity index is 2.12. The van der Waals surface area contributed by atoms with E-state index >= 15 is 0 Å². The highest BCUT2D eigenvalue weighted by atomic mass is 16.5. The summed E-state index contributed by atoms with van der Waals surface area (Å²) in [5.74, 6) is 0.622. The average Bonchev–Trinajstić information content (AvgIpc) is 2.33. The molecule has 0 N–H and O–H groups in total. The van der Waals surface area contributed by atoms with E-state index in [1.807, 2.05) is 51.1 Å². The van der Waals surface area contributed by atoms with E-state index in [2.05, 4.69) is 9.97 Å². The SMILES string of the molecule is Cc1nc(C)c(OCc2ccccc2)nc1C. The molecule has 0 fully saturated rings. The summed E-state index contributed by atoms with van der Waals surface area (Å²) in [7, 11) is 0. The fourth-order valence-electron chi connectivity index (χ4n) is 1.56. The van der Waals surface area contributed by atoms with Crippen molar-refractivity contribution in [2.75, 3.05) is 0 Å². The minimum Gasteiger partial charge on any atom is -0.472 e. The first-order valence-electron chi connectivity index (χ1n) is 5.65. The zero-order valence-electron chi connectivity index (χ0n) is 10.4. The lowest BCUT2D eigenvalue weighted by Gasteiger charge is -2.09. The highest BCUT2D eigenvalue weighted by Crippen LogP contribution is 2.16. The molecule has 0 aliphatic rings. The maximum Gasteiger partial charge on any atom is 0.235 e. The van der Waals surface area contributed by atoms with Crippen LogP contribution in [0.1, 0.15) is 22.6 Å². The Morgan fingerprint density at radius 3 is 2.24 bits per heavy atom. The molecule has 17 heavy (non-hydrogen) atoms. The van der Waals surface area contributed by atoms with Gasteiger partial charge in [-0.15, -0.1) is 0 Å². The number of aromatic nitrogens is 2. The number of hydrogen-bond acceptors (Lipinski definition) is 3. The second kappa shape index (κ2) is 4.95. The second-order valence-electron chi connectivity index (χ2n) is 4.06. The van der Waals surface area contributed by atoms with Gasteiger partial charge in [0.1, 0.15) is 6.61 Å². The number of benzene rings is 1. The number of nitrogens with zero attached hydrogens (tertiary/aromatic N) is 2. The maximum absolute atomic E-state index is 5.69. The molecule has 3 heteroatoms. The van der Waals surface area contributed by atoms with Gasteiger partial charge in [0.05, 0.1) is 17.1 Å². The van der Waals surface area contributed by atoms with Gasteiger partial charge >= 0.3 is 0 Å². The predicted octanol–water partition coefficient (Wildman–Crippen LogP) is 2.98. The van der Waals surface area contributed by atoms with Gasteiger partial charge in [-0.3, -0.25) is 4.98 Å². The third-order valence-corrected chi connectivity index (χ3v) is 2.66. The molecule has 0 spiro atoms. The van der Waals surface area contributed by atoms with E-state index in [1.165, 1.54) is 0 Å². The van der Waals surface area contributed by atoms with E-state index in [1.54, 1.807) is 0 Å². The van der Waals surface area contributed by atoms with Crippen molar-refractivity contribution in [1.29, 1.82) is 0 Å². The fraction of sp³-hybridized carbons (Fsp3) is 0.286. The molecule has 0 radical (unpaired) electrons. The van der Waals surface area contributed by atoms with Gasteiger partial charge in [-0.1, -0.05) is 30.3 Å². The van der Waals surface area contributed by atoms with Gasteiger partial charge in [0.25, 0.3) is 0 Å². The van der Waals surface area contributed by atoms with E-state index in [4.69, 9.17) is 4.74 Å². The van der Waals surface area contributed by atoms with Crippen LogP contribution in [0, 0.1) is 20.8 Å². The molecule has 0 saturated carbocycles. The minimum atomic E-state index is 0.527. The molecule has 2 rings (SSSR count). The van der Waals surface area contributed by atoms with Crippen LogP contribution in [-0.2, 0) is 6.61 Å². The molecular formula is C14H16N2O. The zero-order chi connectivity index (χ0) is 12.3. The smallest absolute Gasteiger partial charge is 0.235 e. The van der Waals surface area contributed by atoms with Gasteiger partial charge in [-0.2, -0.15) is 0 Å². The van der Waals surface area contributed by atoms with Gasteiger partial charge in [-0.25, -0.2) is 4.98 Å². The number of rotatable bonds is 3. The summed E-state index contributed by atoms with van der Waals surface area (Å²) in [6, 6.07) is 10.0. The van der Waals surface area contributed by atoms with Gasteiger partial charge in [0.15, 0.2) is 0 Å². The topological polar surface area (TPSA) is 35.0 Å². The lowest BCUT2D eigenvalue weighted by atomic mass is 10.2. The molecular weight excluding hydrogens is 212 g/mol. The number of ether oxygens (including phenoxy) is 1. The zero-order valence-corrected chi connectivity index (χ0v) is 10.4. The van der Waals surface area contributed by atoms with Gasteiger partial charge in [0, 0.05) is 0 Å². The first-order valence-corrected chi connectivity index (χ1v) is 5.65. The molecule has 0 saturated heterocycles. The minimum absolute atomic E-state index is 0.527. The largest absolute Gasteiger partial charge is 0.472 e. The highest BCUT2D eigenvalue weighted by molar-refractivity contribution is 5.23. The third kappa shape index (κ3) is 2.81.